The fourth-order valence-electron chi connectivity index (χ4n) is 1.51. The van der Waals surface area contributed by atoms with Crippen molar-refractivity contribution in [1.82, 2.24) is 15.6 Å². The van der Waals surface area contributed by atoms with Crippen molar-refractivity contribution < 1.29 is 14.7 Å². The van der Waals surface area contributed by atoms with Gasteiger partial charge in [0, 0.05) is 12.7 Å². The van der Waals surface area contributed by atoms with Crippen molar-refractivity contribution in [3.8, 4) is 0 Å². The third-order valence-corrected chi connectivity index (χ3v) is 2.38. The molecule has 2 heterocycles. The highest BCUT2D eigenvalue weighted by Gasteiger charge is 2.19. The monoisotopic (exact) mass is 263 g/mol. The largest absolute Gasteiger partial charge is 0.387 e. The highest BCUT2D eigenvalue weighted by Crippen LogP contribution is 2.04. The van der Waals surface area contributed by atoms with E-state index in [9.17, 15) is 14.7 Å². The number of aliphatic imine (C=N–C) groups is 1. The third kappa shape index (κ3) is 3.19. The van der Waals surface area contributed by atoms with Crippen molar-refractivity contribution in [1.29, 1.82) is 0 Å². The number of hydrogen-bond donors (Lipinski definition) is 5. The van der Waals surface area contributed by atoms with Crippen LogP contribution in [0.1, 0.15) is 10.5 Å². The van der Waals surface area contributed by atoms with E-state index in [1.54, 1.807) is 18.3 Å². The van der Waals surface area contributed by atoms with Crippen molar-refractivity contribution in [2.24, 2.45) is 10.7 Å². The van der Waals surface area contributed by atoms with E-state index in [0.717, 1.165) is 0 Å². The zero-order chi connectivity index (χ0) is 13.8. The van der Waals surface area contributed by atoms with Gasteiger partial charge >= 0.3 is 0 Å². The van der Waals surface area contributed by atoms with Gasteiger partial charge in [-0.25, -0.2) is 4.99 Å². The summed E-state index contributed by atoms with van der Waals surface area (Å²) in [6.07, 6.45) is 1.81. The molecule has 0 saturated carbocycles. The minimum Gasteiger partial charge on any atom is -0.387 e. The molecule has 1 aliphatic rings. The lowest BCUT2D eigenvalue weighted by molar-refractivity contribution is -0.115. The normalized spacial score (nSPS) is 18.1. The van der Waals surface area contributed by atoms with Gasteiger partial charge < -0.3 is 21.1 Å². The molecule has 0 radical (unpaired) electrons. The molecule has 100 valence electrons. The first-order valence-electron chi connectivity index (χ1n) is 5.53. The van der Waals surface area contributed by atoms with Crippen LogP contribution in [0, 0.1) is 0 Å². The SMILES string of the molecule is NC1=N/C(=C\C(O)CNC(=O)c2ccc[nH]2)C(=O)N1. The summed E-state index contributed by atoms with van der Waals surface area (Å²) < 4.78 is 0. The number of nitrogens with zero attached hydrogens (tertiary/aromatic N) is 1. The van der Waals surface area contributed by atoms with Gasteiger partial charge in [0.05, 0.1) is 6.10 Å². The van der Waals surface area contributed by atoms with Crippen LogP contribution in [0.4, 0.5) is 0 Å². The van der Waals surface area contributed by atoms with E-state index in [-0.39, 0.29) is 24.1 Å². The second kappa shape index (κ2) is 5.36. The lowest BCUT2D eigenvalue weighted by atomic mass is 10.2. The number of aromatic nitrogens is 1. The number of aromatic amines is 1. The molecule has 0 fully saturated rings. The van der Waals surface area contributed by atoms with E-state index in [1.165, 1.54) is 6.08 Å². The summed E-state index contributed by atoms with van der Waals surface area (Å²) in [5, 5.41) is 14.5. The lowest BCUT2D eigenvalue weighted by Crippen LogP contribution is -2.32. The molecule has 2 amide bonds. The van der Waals surface area contributed by atoms with Crippen molar-refractivity contribution in [2.45, 2.75) is 6.10 Å². The molecule has 0 aromatic carbocycles. The Kier molecular flexibility index (Phi) is 3.62. The summed E-state index contributed by atoms with van der Waals surface area (Å²) in [7, 11) is 0. The zero-order valence-electron chi connectivity index (χ0n) is 9.88. The Bertz CT molecular complexity index is 547. The van der Waals surface area contributed by atoms with E-state index < -0.39 is 12.0 Å². The molecule has 8 heteroatoms. The Labute approximate surface area is 108 Å². The summed E-state index contributed by atoms with van der Waals surface area (Å²) in [6, 6.07) is 3.29. The number of aliphatic hydroxyl groups is 1. The molecule has 0 spiro atoms. The molecule has 8 nitrogen and oxygen atoms in total. The second-order valence-corrected chi connectivity index (χ2v) is 3.86. The van der Waals surface area contributed by atoms with E-state index in [2.05, 4.69) is 20.6 Å². The summed E-state index contributed by atoms with van der Waals surface area (Å²) >= 11 is 0. The maximum atomic E-state index is 11.6. The van der Waals surface area contributed by atoms with Crippen LogP contribution >= 0.6 is 0 Å². The second-order valence-electron chi connectivity index (χ2n) is 3.86. The number of rotatable bonds is 4. The number of carbonyl (C=O) groups excluding carboxylic acids is 2. The molecule has 2 rings (SSSR count). The van der Waals surface area contributed by atoms with Crippen molar-refractivity contribution in [3.05, 3.63) is 35.8 Å². The van der Waals surface area contributed by atoms with Crippen LogP contribution in [0.2, 0.25) is 0 Å². The molecule has 19 heavy (non-hydrogen) atoms. The molecule has 1 aromatic rings. The Morgan fingerprint density at radius 3 is 3.00 bits per heavy atom. The number of nitrogens with two attached hydrogens (primary N) is 1. The molecule has 0 bridgehead atoms. The van der Waals surface area contributed by atoms with Gasteiger partial charge in [-0.1, -0.05) is 0 Å². The van der Waals surface area contributed by atoms with E-state index in [0.29, 0.717) is 5.69 Å². The van der Waals surface area contributed by atoms with Crippen molar-refractivity contribution >= 4 is 17.8 Å². The lowest BCUT2D eigenvalue weighted by Gasteiger charge is -2.07. The fraction of sp³-hybridized carbons (Fsp3) is 0.182. The average Bonchev–Trinajstić information content (AvgIpc) is 2.97. The van der Waals surface area contributed by atoms with Gasteiger partial charge in [-0.15, -0.1) is 0 Å². The van der Waals surface area contributed by atoms with Crippen molar-refractivity contribution in [3.63, 3.8) is 0 Å². The molecule has 1 unspecified atom stereocenters. The fourth-order valence-corrected chi connectivity index (χ4v) is 1.51. The maximum Gasteiger partial charge on any atom is 0.276 e. The molecule has 1 aromatic heterocycles. The summed E-state index contributed by atoms with van der Waals surface area (Å²) in [5.74, 6) is -0.840. The van der Waals surface area contributed by atoms with Crippen molar-refractivity contribution in [2.75, 3.05) is 6.54 Å². The maximum absolute atomic E-state index is 11.6. The zero-order valence-corrected chi connectivity index (χ0v) is 9.88. The molecule has 0 saturated heterocycles. The van der Waals surface area contributed by atoms with Crippen LogP contribution in [0.25, 0.3) is 0 Å². The number of nitrogens with one attached hydrogen (secondary N) is 3. The van der Waals surface area contributed by atoms with Crippen LogP contribution < -0.4 is 16.4 Å². The molecule has 1 atom stereocenters. The average molecular weight is 263 g/mol. The summed E-state index contributed by atoms with van der Waals surface area (Å²) in [6.45, 7) is -0.0376. The van der Waals surface area contributed by atoms with Gasteiger partial charge in [0.2, 0.25) is 5.96 Å². The Balaban J connectivity index is 1.88. The first-order valence-corrected chi connectivity index (χ1v) is 5.53. The first kappa shape index (κ1) is 12.8. The molecule has 6 N–H and O–H groups in total. The summed E-state index contributed by atoms with van der Waals surface area (Å²) in [4.78, 5) is 29.3. The predicted octanol–water partition coefficient (Wildman–Crippen LogP) is -1.57. The van der Waals surface area contributed by atoms with Crippen LogP contribution in [-0.2, 0) is 4.79 Å². The first-order chi connectivity index (χ1) is 9.06. The predicted molar refractivity (Wildman–Crippen MR) is 67.0 cm³/mol. The highest BCUT2D eigenvalue weighted by atomic mass is 16.3. The minimum atomic E-state index is -1.03. The van der Waals surface area contributed by atoms with Crippen LogP contribution in [-0.4, -0.2) is 40.5 Å². The van der Waals surface area contributed by atoms with Crippen LogP contribution in [0.5, 0.6) is 0 Å². The molecular formula is C11H13N5O3. The van der Waals surface area contributed by atoms with Gasteiger partial charge in [-0.2, -0.15) is 0 Å². The van der Waals surface area contributed by atoms with E-state index in [4.69, 9.17) is 5.73 Å². The quantitative estimate of drug-likeness (QED) is 0.420. The van der Waals surface area contributed by atoms with Gasteiger partial charge in [0.25, 0.3) is 11.8 Å². The number of amides is 2. The van der Waals surface area contributed by atoms with Crippen LogP contribution in [0.3, 0.4) is 0 Å². The smallest absolute Gasteiger partial charge is 0.276 e. The van der Waals surface area contributed by atoms with Gasteiger partial charge in [-0.05, 0) is 18.2 Å². The van der Waals surface area contributed by atoms with Gasteiger partial charge in [-0.3, -0.25) is 14.9 Å². The Morgan fingerprint density at radius 1 is 1.63 bits per heavy atom. The number of H-pyrrole nitrogens is 1. The number of guanidine groups is 1. The van der Waals surface area contributed by atoms with Gasteiger partial charge in [0.15, 0.2) is 0 Å². The number of aliphatic hydroxyl groups excluding tert-OH is 1. The van der Waals surface area contributed by atoms with Gasteiger partial charge in [0.1, 0.15) is 11.4 Å². The Hall–Kier alpha value is -2.61. The summed E-state index contributed by atoms with van der Waals surface area (Å²) in [5.41, 5.74) is 5.72. The minimum absolute atomic E-state index is 0.0149. The molecule has 0 aliphatic carbocycles. The van der Waals surface area contributed by atoms with E-state index >= 15 is 0 Å². The van der Waals surface area contributed by atoms with E-state index in [1.807, 2.05) is 0 Å². The van der Waals surface area contributed by atoms with Crippen LogP contribution in [0.15, 0.2) is 35.1 Å². The molecular weight excluding hydrogens is 250 g/mol. The topological polar surface area (TPSA) is 133 Å². The number of carbonyl (C=O) groups is 2. The third-order valence-electron chi connectivity index (χ3n) is 2.38. The Morgan fingerprint density at radius 2 is 2.42 bits per heavy atom. The molecule has 1 aliphatic heterocycles. The standard InChI is InChI=1S/C11H13N5O3/c12-11-15-8(10(19)16-11)4-6(17)5-14-9(18)7-2-1-3-13-7/h1-4,6,13,17H,5H2,(H,14,18)(H3,12,15,16,19)/b8-4-. The number of hydrogen-bond acceptors (Lipinski definition) is 5. The highest BCUT2D eigenvalue weighted by molar-refractivity contribution is 6.11.